The average molecular weight is 267 g/mol. The first-order valence-corrected chi connectivity index (χ1v) is 6.41. The van der Waals surface area contributed by atoms with Crippen molar-refractivity contribution in [3.05, 3.63) is 17.0 Å². The Labute approximate surface area is 112 Å². The van der Waals surface area contributed by atoms with Gasteiger partial charge in [0.05, 0.1) is 12.1 Å². The topological polar surface area (TPSA) is 95.1 Å². The van der Waals surface area contributed by atoms with Crippen molar-refractivity contribution in [2.75, 3.05) is 0 Å². The van der Waals surface area contributed by atoms with Gasteiger partial charge in [0.15, 0.2) is 0 Å². The van der Waals surface area contributed by atoms with Gasteiger partial charge in [-0.3, -0.25) is 14.7 Å². The van der Waals surface area contributed by atoms with E-state index in [4.69, 9.17) is 5.11 Å². The molecule has 0 fully saturated rings. The van der Waals surface area contributed by atoms with Gasteiger partial charge in [-0.15, -0.1) is 0 Å². The molecule has 1 atom stereocenters. The minimum absolute atomic E-state index is 0.0145. The van der Waals surface area contributed by atoms with Crippen molar-refractivity contribution in [3.8, 4) is 0 Å². The maximum Gasteiger partial charge on any atom is 0.303 e. The van der Waals surface area contributed by atoms with Crippen molar-refractivity contribution in [2.45, 2.75) is 52.5 Å². The highest BCUT2D eigenvalue weighted by molar-refractivity contribution is 5.79. The Hall–Kier alpha value is -1.85. The van der Waals surface area contributed by atoms with Gasteiger partial charge >= 0.3 is 5.97 Å². The maximum absolute atomic E-state index is 11.9. The number of nitrogens with one attached hydrogen (secondary N) is 2. The molecule has 1 amide bonds. The molecule has 1 heterocycles. The van der Waals surface area contributed by atoms with Gasteiger partial charge < -0.3 is 10.4 Å². The van der Waals surface area contributed by atoms with Crippen LogP contribution in [-0.2, 0) is 16.0 Å². The maximum atomic E-state index is 11.9. The number of hydrogen-bond donors (Lipinski definition) is 3. The van der Waals surface area contributed by atoms with Crippen LogP contribution in [-0.4, -0.2) is 33.2 Å². The van der Waals surface area contributed by atoms with Gasteiger partial charge in [-0.05, 0) is 33.6 Å². The summed E-state index contributed by atoms with van der Waals surface area (Å²) in [5.41, 5.74) is 2.67. The van der Waals surface area contributed by atoms with Gasteiger partial charge in [0.2, 0.25) is 5.91 Å². The summed E-state index contributed by atoms with van der Waals surface area (Å²) in [6.07, 6.45) is 1.68. The minimum Gasteiger partial charge on any atom is -0.481 e. The third kappa shape index (κ3) is 5.11. The molecule has 0 aliphatic heterocycles. The lowest BCUT2D eigenvalue weighted by molar-refractivity contribution is -0.137. The highest BCUT2D eigenvalue weighted by Gasteiger charge is 2.13. The average Bonchev–Trinajstić information content (AvgIpc) is 2.60. The molecule has 1 unspecified atom stereocenters. The molecule has 6 nitrogen and oxygen atoms in total. The van der Waals surface area contributed by atoms with Crippen LogP contribution in [0, 0.1) is 13.8 Å². The standard InChI is InChI=1S/C13H21N3O3/c1-8(5-4-6-13(18)19)14-12(17)7-11-9(2)15-16-10(11)3/h8H,4-7H2,1-3H3,(H,14,17)(H,15,16)(H,18,19). The summed E-state index contributed by atoms with van der Waals surface area (Å²) >= 11 is 0. The molecule has 1 rings (SSSR count). The first-order chi connectivity index (χ1) is 8.90. The first kappa shape index (κ1) is 15.2. The Morgan fingerprint density at radius 3 is 2.63 bits per heavy atom. The Bertz CT molecular complexity index is 434. The van der Waals surface area contributed by atoms with Crippen LogP contribution in [0.25, 0.3) is 0 Å². The van der Waals surface area contributed by atoms with E-state index in [0.29, 0.717) is 19.3 Å². The highest BCUT2D eigenvalue weighted by Crippen LogP contribution is 2.10. The van der Waals surface area contributed by atoms with Gasteiger partial charge in [0.1, 0.15) is 0 Å². The van der Waals surface area contributed by atoms with E-state index >= 15 is 0 Å². The third-order valence-electron chi connectivity index (χ3n) is 3.05. The fraction of sp³-hybridized carbons (Fsp3) is 0.615. The number of carbonyl (C=O) groups is 2. The fourth-order valence-electron chi connectivity index (χ4n) is 1.95. The quantitative estimate of drug-likeness (QED) is 0.694. The lowest BCUT2D eigenvalue weighted by Crippen LogP contribution is -2.33. The van der Waals surface area contributed by atoms with E-state index in [1.807, 2.05) is 20.8 Å². The molecule has 106 valence electrons. The number of carboxylic acid groups (broad SMARTS) is 1. The monoisotopic (exact) mass is 267 g/mol. The Kier molecular flexibility index (Phi) is 5.54. The summed E-state index contributed by atoms with van der Waals surface area (Å²) in [7, 11) is 0. The molecule has 3 N–H and O–H groups in total. The summed E-state index contributed by atoms with van der Waals surface area (Å²) < 4.78 is 0. The molecule has 0 saturated heterocycles. The molecule has 1 aromatic heterocycles. The molecule has 6 heteroatoms. The Morgan fingerprint density at radius 2 is 2.11 bits per heavy atom. The second-order valence-electron chi connectivity index (χ2n) is 4.84. The van der Waals surface area contributed by atoms with E-state index in [1.165, 1.54) is 0 Å². The zero-order valence-electron chi connectivity index (χ0n) is 11.6. The summed E-state index contributed by atoms with van der Waals surface area (Å²) in [4.78, 5) is 22.2. The number of rotatable bonds is 7. The minimum atomic E-state index is -0.803. The van der Waals surface area contributed by atoms with Gasteiger partial charge in [0.25, 0.3) is 0 Å². The van der Waals surface area contributed by atoms with Crippen LogP contribution in [0.1, 0.15) is 43.1 Å². The van der Waals surface area contributed by atoms with Crippen molar-refractivity contribution in [1.29, 1.82) is 0 Å². The first-order valence-electron chi connectivity index (χ1n) is 6.41. The number of carboxylic acids is 1. The van der Waals surface area contributed by atoms with Gasteiger partial charge in [-0.2, -0.15) is 5.10 Å². The molecule has 1 aromatic rings. The number of aryl methyl sites for hydroxylation is 2. The van der Waals surface area contributed by atoms with Crippen molar-refractivity contribution in [2.24, 2.45) is 0 Å². The van der Waals surface area contributed by atoms with E-state index < -0.39 is 5.97 Å². The third-order valence-corrected chi connectivity index (χ3v) is 3.05. The van der Waals surface area contributed by atoms with Crippen molar-refractivity contribution in [3.63, 3.8) is 0 Å². The largest absolute Gasteiger partial charge is 0.481 e. The molecule has 19 heavy (non-hydrogen) atoms. The fourth-order valence-corrected chi connectivity index (χ4v) is 1.95. The number of amides is 1. The van der Waals surface area contributed by atoms with Crippen LogP contribution in [0.3, 0.4) is 0 Å². The number of carbonyl (C=O) groups excluding carboxylic acids is 1. The van der Waals surface area contributed by atoms with Crippen molar-refractivity contribution >= 4 is 11.9 Å². The van der Waals surface area contributed by atoms with E-state index in [9.17, 15) is 9.59 Å². The van der Waals surface area contributed by atoms with Gasteiger partial charge in [0, 0.05) is 23.7 Å². The number of H-pyrrole nitrogens is 1. The number of aromatic nitrogens is 2. The van der Waals surface area contributed by atoms with E-state index in [1.54, 1.807) is 0 Å². The molecule has 0 radical (unpaired) electrons. The number of nitrogens with zero attached hydrogens (tertiary/aromatic N) is 1. The Morgan fingerprint density at radius 1 is 1.42 bits per heavy atom. The zero-order chi connectivity index (χ0) is 14.4. The van der Waals surface area contributed by atoms with Crippen molar-refractivity contribution < 1.29 is 14.7 Å². The molecular weight excluding hydrogens is 246 g/mol. The molecule has 0 bridgehead atoms. The van der Waals surface area contributed by atoms with E-state index in [0.717, 1.165) is 17.0 Å². The van der Waals surface area contributed by atoms with Crippen molar-refractivity contribution in [1.82, 2.24) is 15.5 Å². The van der Waals surface area contributed by atoms with E-state index in [2.05, 4.69) is 15.5 Å². The second kappa shape index (κ2) is 6.92. The molecule has 0 saturated carbocycles. The lowest BCUT2D eigenvalue weighted by atomic mass is 10.1. The van der Waals surface area contributed by atoms with Gasteiger partial charge in [-0.25, -0.2) is 0 Å². The highest BCUT2D eigenvalue weighted by atomic mass is 16.4. The molecule has 0 aromatic carbocycles. The second-order valence-corrected chi connectivity index (χ2v) is 4.84. The van der Waals surface area contributed by atoms with E-state index in [-0.39, 0.29) is 18.4 Å². The molecular formula is C13H21N3O3. The molecule has 0 aliphatic rings. The van der Waals surface area contributed by atoms with Crippen LogP contribution in [0.2, 0.25) is 0 Å². The smallest absolute Gasteiger partial charge is 0.303 e. The predicted octanol–water partition coefficient (Wildman–Crippen LogP) is 1.33. The number of aromatic amines is 1. The zero-order valence-corrected chi connectivity index (χ0v) is 11.6. The molecule has 0 aliphatic carbocycles. The van der Waals surface area contributed by atoms with Crippen LogP contribution >= 0.6 is 0 Å². The van der Waals surface area contributed by atoms with Gasteiger partial charge in [-0.1, -0.05) is 0 Å². The lowest BCUT2D eigenvalue weighted by Gasteiger charge is -2.13. The SMILES string of the molecule is Cc1n[nH]c(C)c1CC(=O)NC(C)CCCC(=O)O. The number of hydrogen-bond acceptors (Lipinski definition) is 3. The van der Waals surface area contributed by atoms with Crippen LogP contribution < -0.4 is 5.32 Å². The summed E-state index contributed by atoms with van der Waals surface area (Å²) in [6, 6.07) is -0.0145. The van der Waals surface area contributed by atoms with Crippen LogP contribution in [0.4, 0.5) is 0 Å². The summed E-state index contributed by atoms with van der Waals surface area (Å²) in [5.74, 6) is -0.862. The Balaban J connectivity index is 2.37. The summed E-state index contributed by atoms with van der Waals surface area (Å²) in [6.45, 7) is 5.64. The normalized spacial score (nSPS) is 12.2. The van der Waals surface area contributed by atoms with Crippen LogP contribution in [0.5, 0.6) is 0 Å². The van der Waals surface area contributed by atoms with Crippen LogP contribution in [0.15, 0.2) is 0 Å². The predicted molar refractivity (Wildman–Crippen MR) is 70.9 cm³/mol. The molecule has 0 spiro atoms. The number of aliphatic carboxylic acids is 1. The summed E-state index contributed by atoms with van der Waals surface area (Å²) in [5, 5.41) is 18.3.